The Balaban J connectivity index is 3.29. The predicted molar refractivity (Wildman–Crippen MR) is 40.8 cm³/mol. The Labute approximate surface area is 60.5 Å². The van der Waals surface area contributed by atoms with Gasteiger partial charge in [-0.1, -0.05) is 12.8 Å². The van der Waals surface area contributed by atoms with Gasteiger partial charge in [-0.3, -0.25) is 3.97 Å². The topological polar surface area (TPSA) is 17.8 Å². The summed E-state index contributed by atoms with van der Waals surface area (Å²) in [6.07, 6.45) is 0. The highest BCUT2D eigenvalue weighted by atomic mass is 32.1. The molecule has 0 atom stereocenters. The summed E-state index contributed by atoms with van der Waals surface area (Å²) < 4.78 is 1.79. The molecule has 9 heavy (non-hydrogen) atoms. The van der Waals surface area contributed by atoms with Gasteiger partial charge in [-0.2, -0.15) is 0 Å². The van der Waals surface area contributed by atoms with Crippen LogP contribution in [-0.2, 0) is 0 Å². The smallest absolute Gasteiger partial charge is 0.115 e. The Morgan fingerprint density at radius 2 is 1.89 bits per heavy atom. The maximum Gasteiger partial charge on any atom is 0.115 e. The summed E-state index contributed by atoms with van der Waals surface area (Å²) >= 11 is 4.19. The van der Waals surface area contributed by atoms with Gasteiger partial charge in [0.05, 0.1) is 5.69 Å². The average Bonchev–Trinajstić information content (AvgIpc) is 1.98. The van der Waals surface area contributed by atoms with Gasteiger partial charge in [-0.15, -0.1) is 0 Å². The Morgan fingerprint density at radius 3 is 2.00 bits per heavy atom. The molecule has 1 aromatic heterocycles. The second-order valence-electron chi connectivity index (χ2n) is 2.14. The van der Waals surface area contributed by atoms with E-state index >= 15 is 0 Å². The van der Waals surface area contributed by atoms with E-state index in [0.29, 0.717) is 0 Å². The third-order valence-electron chi connectivity index (χ3n) is 1.48. The monoisotopic (exact) mass is 142 g/mol. The van der Waals surface area contributed by atoms with Crippen molar-refractivity contribution in [3.63, 3.8) is 0 Å². The van der Waals surface area contributed by atoms with Crippen LogP contribution in [0.1, 0.15) is 17.2 Å². The first kappa shape index (κ1) is 6.68. The Bertz CT molecular complexity index is 205. The van der Waals surface area contributed by atoms with Crippen LogP contribution in [0.2, 0.25) is 0 Å². The highest BCUT2D eigenvalue weighted by Crippen LogP contribution is 2.09. The van der Waals surface area contributed by atoms with Crippen molar-refractivity contribution >= 4 is 12.8 Å². The van der Waals surface area contributed by atoms with Crippen LogP contribution in [0.25, 0.3) is 0 Å². The third kappa shape index (κ3) is 0.965. The number of hydrogen-bond acceptors (Lipinski definition) is 2. The van der Waals surface area contributed by atoms with E-state index in [2.05, 4.69) is 17.8 Å². The molecule has 50 valence electrons. The number of nitrogens with zero attached hydrogens (tertiary/aromatic N) is 2. The van der Waals surface area contributed by atoms with Gasteiger partial charge in [0.25, 0.3) is 0 Å². The molecule has 3 heteroatoms. The van der Waals surface area contributed by atoms with E-state index in [4.69, 9.17) is 0 Å². The lowest BCUT2D eigenvalue weighted by Gasteiger charge is -1.93. The van der Waals surface area contributed by atoms with E-state index in [1.807, 2.05) is 20.8 Å². The van der Waals surface area contributed by atoms with Crippen molar-refractivity contribution in [1.29, 1.82) is 0 Å². The van der Waals surface area contributed by atoms with Crippen LogP contribution in [0.15, 0.2) is 0 Å². The Kier molecular flexibility index (Phi) is 1.53. The molecule has 1 aromatic rings. The van der Waals surface area contributed by atoms with E-state index in [0.717, 1.165) is 17.2 Å². The fourth-order valence-corrected chi connectivity index (χ4v) is 0.956. The van der Waals surface area contributed by atoms with Crippen LogP contribution in [-0.4, -0.2) is 8.96 Å². The highest BCUT2D eigenvalue weighted by molar-refractivity contribution is 7.78. The molecule has 0 aliphatic carbocycles. The number of aromatic nitrogens is 2. The molecule has 1 rings (SSSR count). The lowest BCUT2D eigenvalue weighted by Crippen LogP contribution is -1.85. The molecular weight excluding hydrogens is 132 g/mol. The van der Waals surface area contributed by atoms with Gasteiger partial charge in [0.2, 0.25) is 0 Å². The van der Waals surface area contributed by atoms with Crippen molar-refractivity contribution < 1.29 is 0 Å². The maximum atomic E-state index is 4.20. The van der Waals surface area contributed by atoms with E-state index in [9.17, 15) is 0 Å². The van der Waals surface area contributed by atoms with Gasteiger partial charge in [0.15, 0.2) is 0 Å². The van der Waals surface area contributed by atoms with Crippen molar-refractivity contribution in [2.24, 2.45) is 0 Å². The van der Waals surface area contributed by atoms with Crippen LogP contribution < -0.4 is 0 Å². The standard InChI is InChI=1S/C6H10N2S/c1-4-5(2)8(9)6(3)7-4/h9H,1-3H3. The van der Waals surface area contributed by atoms with Crippen molar-refractivity contribution in [3.8, 4) is 0 Å². The fourth-order valence-electron chi connectivity index (χ4n) is 0.767. The lowest BCUT2D eigenvalue weighted by molar-refractivity contribution is 1.07. The van der Waals surface area contributed by atoms with Crippen LogP contribution >= 0.6 is 12.8 Å². The number of rotatable bonds is 0. The maximum absolute atomic E-state index is 4.20. The van der Waals surface area contributed by atoms with E-state index in [1.54, 1.807) is 3.97 Å². The summed E-state index contributed by atoms with van der Waals surface area (Å²) in [6.45, 7) is 5.92. The minimum Gasteiger partial charge on any atom is -0.277 e. The number of aryl methyl sites for hydroxylation is 2. The average molecular weight is 142 g/mol. The molecule has 0 radical (unpaired) electrons. The van der Waals surface area contributed by atoms with Crippen LogP contribution in [0.3, 0.4) is 0 Å². The van der Waals surface area contributed by atoms with Gasteiger partial charge < -0.3 is 0 Å². The zero-order chi connectivity index (χ0) is 7.02. The summed E-state index contributed by atoms with van der Waals surface area (Å²) in [5, 5.41) is 0. The molecule has 0 saturated carbocycles. The first-order valence-corrected chi connectivity index (χ1v) is 3.24. The Morgan fingerprint density at radius 1 is 1.33 bits per heavy atom. The molecule has 1 heterocycles. The largest absolute Gasteiger partial charge is 0.277 e. The summed E-state index contributed by atoms with van der Waals surface area (Å²) in [6, 6.07) is 0. The van der Waals surface area contributed by atoms with Gasteiger partial charge >= 0.3 is 0 Å². The van der Waals surface area contributed by atoms with Crippen molar-refractivity contribution in [3.05, 3.63) is 17.2 Å². The van der Waals surface area contributed by atoms with Gasteiger partial charge in [-0.05, 0) is 20.8 Å². The fraction of sp³-hybridized carbons (Fsp3) is 0.500. The van der Waals surface area contributed by atoms with Crippen LogP contribution in [0, 0.1) is 20.8 Å². The molecule has 2 nitrogen and oxygen atoms in total. The second kappa shape index (κ2) is 2.06. The number of imidazole rings is 1. The first-order valence-electron chi connectivity index (χ1n) is 2.84. The minimum atomic E-state index is 0.952. The van der Waals surface area contributed by atoms with Gasteiger partial charge in [-0.25, -0.2) is 4.98 Å². The molecular formula is C6H10N2S. The molecule has 0 aliphatic heterocycles. The third-order valence-corrected chi connectivity index (χ3v) is 2.07. The molecule has 0 aliphatic rings. The lowest BCUT2D eigenvalue weighted by atomic mass is 10.4. The normalized spacial score (nSPS) is 10.2. The first-order chi connectivity index (χ1) is 4.13. The summed E-state index contributed by atoms with van der Waals surface area (Å²) in [5.74, 6) is 0.952. The van der Waals surface area contributed by atoms with Gasteiger partial charge in [0.1, 0.15) is 5.82 Å². The molecule has 0 amide bonds. The summed E-state index contributed by atoms with van der Waals surface area (Å²) in [4.78, 5) is 4.20. The van der Waals surface area contributed by atoms with Crippen molar-refractivity contribution in [1.82, 2.24) is 8.96 Å². The van der Waals surface area contributed by atoms with Gasteiger partial charge in [0, 0.05) is 5.69 Å². The number of thiol groups is 1. The highest BCUT2D eigenvalue weighted by Gasteiger charge is 2.01. The summed E-state index contributed by atoms with van der Waals surface area (Å²) in [5.41, 5.74) is 2.18. The molecule has 0 saturated heterocycles. The van der Waals surface area contributed by atoms with E-state index < -0.39 is 0 Å². The quantitative estimate of drug-likeness (QED) is 0.543. The number of hydrogen-bond donors (Lipinski definition) is 1. The SMILES string of the molecule is Cc1nc(C)n(S)c1C. The Hall–Kier alpha value is -0.440. The van der Waals surface area contributed by atoms with Crippen molar-refractivity contribution in [2.45, 2.75) is 20.8 Å². The molecule has 0 spiro atoms. The predicted octanol–water partition coefficient (Wildman–Crippen LogP) is 1.50. The van der Waals surface area contributed by atoms with Crippen LogP contribution in [0.5, 0.6) is 0 Å². The van der Waals surface area contributed by atoms with Crippen molar-refractivity contribution in [2.75, 3.05) is 0 Å². The van der Waals surface area contributed by atoms with E-state index in [1.165, 1.54) is 0 Å². The molecule has 0 aromatic carbocycles. The molecule has 0 N–H and O–H groups in total. The second-order valence-corrected chi connectivity index (χ2v) is 2.54. The van der Waals surface area contributed by atoms with E-state index in [-0.39, 0.29) is 0 Å². The minimum absolute atomic E-state index is 0.952. The molecule has 0 fully saturated rings. The molecule has 0 bridgehead atoms. The molecule has 0 unspecified atom stereocenters. The zero-order valence-electron chi connectivity index (χ0n) is 5.84. The van der Waals surface area contributed by atoms with Crippen LogP contribution in [0.4, 0.5) is 0 Å². The zero-order valence-corrected chi connectivity index (χ0v) is 6.74. The summed E-state index contributed by atoms with van der Waals surface area (Å²) in [7, 11) is 0.